The molecular weight excluding hydrogens is 558 g/mol. The Morgan fingerprint density at radius 1 is 1.00 bits per heavy atom. The van der Waals surface area contributed by atoms with Gasteiger partial charge in [0.2, 0.25) is 0 Å². The maximum atomic E-state index is 11.8. The van der Waals surface area contributed by atoms with Crippen LogP contribution in [0, 0.1) is 6.92 Å². The Balaban J connectivity index is 0.000000969. The van der Waals surface area contributed by atoms with E-state index in [9.17, 15) is 4.21 Å². The molecule has 8 nitrogen and oxygen atoms in total. The van der Waals surface area contributed by atoms with Gasteiger partial charge in [0.05, 0.1) is 0 Å². The molecule has 232 valence electrons. The number of carbonyl (C=O) groups is 1. The normalized spacial score (nSPS) is 18.1. The van der Waals surface area contributed by atoms with Crippen LogP contribution in [0.2, 0.25) is 5.02 Å². The van der Waals surface area contributed by atoms with Crippen molar-refractivity contribution < 1.29 is 14.1 Å². The number of hydrogen-bond donors (Lipinski definition) is 2. The first-order valence-electron chi connectivity index (χ1n) is 14.8. The van der Waals surface area contributed by atoms with Crippen molar-refractivity contribution >= 4 is 46.4 Å². The van der Waals surface area contributed by atoms with Crippen molar-refractivity contribution in [3.05, 3.63) is 46.6 Å². The van der Waals surface area contributed by atoms with E-state index in [1.165, 1.54) is 50.3 Å². The summed E-state index contributed by atoms with van der Waals surface area (Å²) in [6.45, 7) is 18.5. The van der Waals surface area contributed by atoms with Crippen molar-refractivity contribution in [2.24, 2.45) is 0 Å². The summed E-state index contributed by atoms with van der Waals surface area (Å²) in [7, 11) is 2.52. The molecule has 1 aromatic carbocycles. The predicted octanol–water partition coefficient (Wildman–Crippen LogP) is 5.33. The van der Waals surface area contributed by atoms with Crippen LogP contribution in [-0.2, 0) is 15.6 Å². The van der Waals surface area contributed by atoms with Crippen molar-refractivity contribution in [1.29, 1.82) is 0 Å². The van der Waals surface area contributed by atoms with Crippen molar-refractivity contribution in [2.75, 3.05) is 75.1 Å². The van der Waals surface area contributed by atoms with Crippen LogP contribution in [0.25, 0.3) is 0 Å². The standard InChI is InChI=1S/C25H34ClN5OS.2C2H6.CH4O.CH2O/c1-18-24(31-9-11-33(32)12-10-31)3-6-27-25(18)28-22-14-20(13-21(26)15-22)19-4-7-30(8-5-19)23-16-29(2)17-23;4*1-2/h3,6,13-15,19,23H,4-5,7-12,16-17H2,1-2H3,(H,27,28);2*1-2H3;2H,1H3;1H2. The lowest BCUT2D eigenvalue weighted by Crippen LogP contribution is -2.59. The average molecular weight is 610 g/mol. The zero-order valence-electron chi connectivity index (χ0n) is 26.2. The number of anilines is 3. The summed E-state index contributed by atoms with van der Waals surface area (Å²) in [5, 5.41) is 11.3. The second kappa shape index (κ2) is 20.0. The molecule has 0 radical (unpaired) electrons. The fourth-order valence-corrected chi connectivity index (χ4v) is 6.72. The second-order valence-electron chi connectivity index (χ2n) is 9.72. The van der Waals surface area contributed by atoms with Crippen LogP contribution in [0.3, 0.4) is 0 Å². The second-order valence-corrected chi connectivity index (χ2v) is 11.9. The lowest BCUT2D eigenvalue weighted by Gasteiger charge is -2.46. The summed E-state index contributed by atoms with van der Waals surface area (Å²) in [6.07, 6.45) is 4.22. The van der Waals surface area contributed by atoms with Gasteiger partial charge in [-0.15, -0.1) is 0 Å². The van der Waals surface area contributed by atoms with Gasteiger partial charge < -0.3 is 25.0 Å². The number of aliphatic hydroxyl groups excluding tert-OH is 1. The maximum absolute atomic E-state index is 11.8. The Labute approximate surface area is 255 Å². The first-order chi connectivity index (χ1) is 20.0. The SMILES string of the molecule is C=O.CC.CC.CO.Cc1c(N2CCS(=O)CC2)ccnc1Nc1cc(Cl)cc(C2CCN(C3CN(C)C3)CC2)c1. The first kappa shape index (κ1) is 37.0. The van der Waals surface area contributed by atoms with Crippen LogP contribution in [0.5, 0.6) is 0 Å². The quantitative estimate of drug-likeness (QED) is 0.471. The van der Waals surface area contributed by atoms with E-state index in [-0.39, 0.29) is 0 Å². The molecule has 0 bridgehead atoms. The predicted molar refractivity (Wildman–Crippen MR) is 177 cm³/mol. The molecule has 1 aromatic heterocycles. The van der Waals surface area contributed by atoms with Crippen molar-refractivity contribution in [3.63, 3.8) is 0 Å². The fourth-order valence-electron chi connectivity index (χ4n) is 5.42. The summed E-state index contributed by atoms with van der Waals surface area (Å²) in [5.41, 5.74) is 4.60. The number of aromatic nitrogens is 1. The van der Waals surface area contributed by atoms with Gasteiger partial charge in [-0.3, -0.25) is 9.11 Å². The third kappa shape index (κ3) is 10.6. The lowest BCUT2D eigenvalue weighted by atomic mass is 9.88. The Morgan fingerprint density at radius 3 is 2.15 bits per heavy atom. The number of pyridine rings is 1. The van der Waals surface area contributed by atoms with Crippen LogP contribution in [0.15, 0.2) is 30.5 Å². The molecule has 0 unspecified atom stereocenters. The van der Waals surface area contributed by atoms with E-state index in [1.807, 2.05) is 46.7 Å². The van der Waals surface area contributed by atoms with Gasteiger partial charge in [-0.2, -0.15) is 0 Å². The number of nitrogens with one attached hydrogen (secondary N) is 1. The molecule has 3 aliphatic heterocycles. The highest BCUT2D eigenvalue weighted by Gasteiger charge is 2.32. The van der Waals surface area contributed by atoms with E-state index in [0.29, 0.717) is 5.92 Å². The van der Waals surface area contributed by atoms with Crippen molar-refractivity contribution in [1.82, 2.24) is 14.8 Å². The van der Waals surface area contributed by atoms with E-state index in [1.54, 1.807) is 0 Å². The lowest BCUT2D eigenvalue weighted by molar-refractivity contribution is -0.0980. The molecule has 3 aliphatic rings. The number of carbonyl (C=O) groups excluding carboxylic acids is 1. The summed E-state index contributed by atoms with van der Waals surface area (Å²) >= 11 is 6.56. The van der Waals surface area contributed by atoms with Crippen molar-refractivity contribution in [2.45, 2.75) is 59.4 Å². The summed E-state index contributed by atoms with van der Waals surface area (Å²) in [6, 6.07) is 9.18. The minimum Gasteiger partial charge on any atom is -0.400 e. The minimum absolute atomic E-state index is 0.549. The minimum atomic E-state index is -0.683. The Morgan fingerprint density at radius 2 is 1.59 bits per heavy atom. The van der Waals surface area contributed by atoms with Gasteiger partial charge >= 0.3 is 0 Å². The fraction of sp³-hybridized carbons (Fsp3) is 0.613. The molecule has 3 saturated heterocycles. The van der Waals surface area contributed by atoms with Gasteiger partial charge in [0.15, 0.2) is 0 Å². The number of benzene rings is 1. The van der Waals surface area contributed by atoms with Gasteiger partial charge in [0.25, 0.3) is 0 Å². The van der Waals surface area contributed by atoms with E-state index >= 15 is 0 Å². The van der Waals surface area contributed by atoms with Gasteiger partial charge in [-0.05, 0) is 75.6 Å². The van der Waals surface area contributed by atoms with E-state index in [4.69, 9.17) is 21.5 Å². The van der Waals surface area contributed by atoms with Gasteiger partial charge in [0, 0.05) is 89.8 Å². The molecule has 0 amide bonds. The average Bonchev–Trinajstić information content (AvgIpc) is 3.01. The number of rotatable bonds is 5. The molecule has 0 atom stereocenters. The molecule has 4 heterocycles. The Bertz CT molecular complexity index is 1040. The number of nitrogens with zero attached hydrogens (tertiary/aromatic N) is 4. The van der Waals surface area contributed by atoms with Crippen LogP contribution in [0.1, 0.15) is 57.6 Å². The van der Waals surface area contributed by atoms with E-state index in [0.717, 1.165) is 59.8 Å². The molecule has 3 fully saturated rings. The zero-order valence-corrected chi connectivity index (χ0v) is 27.7. The van der Waals surface area contributed by atoms with Crippen LogP contribution in [0.4, 0.5) is 17.2 Å². The molecule has 5 rings (SSSR count). The summed E-state index contributed by atoms with van der Waals surface area (Å²) < 4.78 is 11.8. The maximum Gasteiger partial charge on any atom is 0.135 e. The number of aliphatic hydroxyl groups is 1. The smallest absolute Gasteiger partial charge is 0.135 e. The Kier molecular flexibility index (Phi) is 18.0. The van der Waals surface area contributed by atoms with Crippen LogP contribution < -0.4 is 10.2 Å². The van der Waals surface area contributed by atoms with E-state index in [2.05, 4.69) is 57.2 Å². The molecule has 2 aromatic rings. The number of halogens is 1. The molecular formula is C31H52ClN5O3S. The summed E-state index contributed by atoms with van der Waals surface area (Å²) in [4.78, 5) is 20.0. The molecule has 2 N–H and O–H groups in total. The monoisotopic (exact) mass is 609 g/mol. The van der Waals surface area contributed by atoms with Crippen LogP contribution >= 0.6 is 11.6 Å². The highest BCUT2D eigenvalue weighted by atomic mass is 35.5. The highest BCUT2D eigenvalue weighted by molar-refractivity contribution is 7.85. The molecule has 41 heavy (non-hydrogen) atoms. The molecule has 0 spiro atoms. The zero-order chi connectivity index (χ0) is 30.9. The third-order valence-electron chi connectivity index (χ3n) is 7.44. The first-order valence-corrected chi connectivity index (χ1v) is 16.6. The number of likely N-dealkylation sites (N-methyl/N-ethyl adjacent to an activating group) is 1. The van der Waals surface area contributed by atoms with Gasteiger partial charge in [-0.1, -0.05) is 39.3 Å². The number of piperidine rings is 1. The van der Waals surface area contributed by atoms with Crippen LogP contribution in [-0.4, -0.2) is 102 Å². The van der Waals surface area contributed by atoms with E-state index < -0.39 is 10.8 Å². The molecule has 0 aliphatic carbocycles. The summed E-state index contributed by atoms with van der Waals surface area (Å²) in [5.74, 6) is 2.88. The largest absolute Gasteiger partial charge is 0.400 e. The number of hydrogen-bond acceptors (Lipinski definition) is 8. The van der Waals surface area contributed by atoms with Gasteiger partial charge in [0.1, 0.15) is 12.6 Å². The topological polar surface area (TPSA) is 89.0 Å². The number of likely N-dealkylation sites (tertiary alicyclic amines) is 2. The molecule has 0 saturated carbocycles. The van der Waals surface area contributed by atoms with Gasteiger partial charge in [-0.25, -0.2) is 4.98 Å². The third-order valence-corrected chi connectivity index (χ3v) is 8.93. The van der Waals surface area contributed by atoms with Crippen molar-refractivity contribution in [3.8, 4) is 0 Å². The Hall–Kier alpha value is -2.04. The molecule has 10 heteroatoms. The highest BCUT2D eigenvalue weighted by Crippen LogP contribution is 2.35.